The van der Waals surface area contributed by atoms with E-state index in [0.29, 0.717) is 6.61 Å². The second kappa shape index (κ2) is 3.54. The fourth-order valence-corrected chi connectivity index (χ4v) is 1.46. The fourth-order valence-electron chi connectivity index (χ4n) is 1.46. The molecular weight excluding hydrogens is 178 g/mol. The number of aromatic amines is 1. The maximum absolute atomic E-state index is 10.7. The highest BCUT2D eigenvalue weighted by atomic mass is 16.5. The van der Waals surface area contributed by atoms with Gasteiger partial charge in [-0.2, -0.15) is 0 Å². The normalized spacial score (nSPS) is 10.4. The Morgan fingerprint density at radius 1 is 1.43 bits per heavy atom. The average molecular weight is 189 g/mol. The van der Waals surface area contributed by atoms with Crippen molar-refractivity contribution in [1.29, 1.82) is 0 Å². The van der Waals surface area contributed by atoms with Crippen LogP contribution in [0.3, 0.4) is 0 Å². The lowest BCUT2D eigenvalue weighted by Gasteiger charge is -2.03. The zero-order valence-corrected chi connectivity index (χ0v) is 7.91. The third kappa shape index (κ3) is 1.62. The van der Waals surface area contributed by atoms with Crippen molar-refractivity contribution in [3.63, 3.8) is 0 Å². The van der Waals surface area contributed by atoms with Gasteiger partial charge in [-0.1, -0.05) is 12.1 Å². The number of aromatic nitrogens is 1. The van der Waals surface area contributed by atoms with Crippen LogP contribution in [0.15, 0.2) is 30.5 Å². The summed E-state index contributed by atoms with van der Waals surface area (Å²) in [5.74, 6) is -0.252. The van der Waals surface area contributed by atoms with Gasteiger partial charge in [-0.3, -0.25) is 4.79 Å². The van der Waals surface area contributed by atoms with E-state index in [1.165, 1.54) is 6.92 Å². The maximum Gasteiger partial charge on any atom is 0.302 e. The summed E-state index contributed by atoms with van der Waals surface area (Å²) in [4.78, 5) is 13.8. The number of hydrogen-bond donors (Lipinski definition) is 1. The highest BCUT2D eigenvalue weighted by molar-refractivity contribution is 5.82. The molecule has 1 heterocycles. The van der Waals surface area contributed by atoms with Gasteiger partial charge in [0, 0.05) is 24.0 Å². The first-order chi connectivity index (χ1) is 6.77. The van der Waals surface area contributed by atoms with Crippen LogP contribution in [0.5, 0.6) is 0 Å². The van der Waals surface area contributed by atoms with Crippen molar-refractivity contribution in [2.75, 3.05) is 0 Å². The number of esters is 1. The molecule has 3 heteroatoms. The predicted octanol–water partition coefficient (Wildman–Crippen LogP) is 2.23. The van der Waals surface area contributed by atoms with Gasteiger partial charge in [0.05, 0.1) is 0 Å². The molecule has 0 spiro atoms. The van der Waals surface area contributed by atoms with Crippen LogP contribution in [-0.4, -0.2) is 11.0 Å². The molecule has 0 radical (unpaired) electrons. The van der Waals surface area contributed by atoms with Crippen molar-refractivity contribution in [3.05, 3.63) is 36.0 Å². The lowest BCUT2D eigenvalue weighted by atomic mass is 10.1. The monoisotopic (exact) mass is 189 g/mol. The molecule has 72 valence electrons. The molecular formula is C11H11NO2. The number of nitrogens with one attached hydrogen (secondary N) is 1. The summed E-state index contributed by atoms with van der Waals surface area (Å²) in [7, 11) is 0. The minimum atomic E-state index is -0.252. The first-order valence-corrected chi connectivity index (χ1v) is 4.46. The van der Waals surface area contributed by atoms with Crippen molar-refractivity contribution < 1.29 is 9.53 Å². The van der Waals surface area contributed by atoms with Gasteiger partial charge >= 0.3 is 5.97 Å². The first kappa shape index (κ1) is 8.81. The Morgan fingerprint density at radius 2 is 2.29 bits per heavy atom. The van der Waals surface area contributed by atoms with Crippen LogP contribution in [0, 0.1) is 0 Å². The van der Waals surface area contributed by atoms with E-state index in [4.69, 9.17) is 4.74 Å². The van der Waals surface area contributed by atoms with Crippen molar-refractivity contribution in [2.24, 2.45) is 0 Å². The first-order valence-electron chi connectivity index (χ1n) is 4.46. The number of carbonyl (C=O) groups is 1. The highest BCUT2D eigenvalue weighted by Crippen LogP contribution is 2.17. The van der Waals surface area contributed by atoms with Crippen LogP contribution >= 0.6 is 0 Å². The summed E-state index contributed by atoms with van der Waals surface area (Å²) >= 11 is 0. The zero-order chi connectivity index (χ0) is 9.97. The summed E-state index contributed by atoms with van der Waals surface area (Å²) in [6.07, 6.45) is 1.88. The van der Waals surface area contributed by atoms with Crippen LogP contribution in [0.4, 0.5) is 0 Å². The van der Waals surface area contributed by atoms with Crippen LogP contribution < -0.4 is 0 Å². The van der Waals surface area contributed by atoms with E-state index in [9.17, 15) is 4.79 Å². The maximum atomic E-state index is 10.7. The fraction of sp³-hybridized carbons (Fsp3) is 0.182. The SMILES string of the molecule is CC(=O)OCc1cccc2[nH]ccc12. The molecule has 0 unspecified atom stereocenters. The van der Waals surface area contributed by atoms with Gasteiger partial charge in [0.2, 0.25) is 0 Å². The Balaban J connectivity index is 2.32. The molecule has 0 fully saturated rings. The number of carbonyl (C=O) groups excluding carboxylic acids is 1. The van der Waals surface area contributed by atoms with E-state index >= 15 is 0 Å². The van der Waals surface area contributed by atoms with E-state index < -0.39 is 0 Å². The summed E-state index contributed by atoms with van der Waals surface area (Å²) in [5, 5.41) is 1.11. The van der Waals surface area contributed by atoms with Gasteiger partial charge in [-0.15, -0.1) is 0 Å². The third-order valence-corrected chi connectivity index (χ3v) is 2.12. The van der Waals surface area contributed by atoms with Crippen molar-refractivity contribution in [1.82, 2.24) is 4.98 Å². The molecule has 0 bridgehead atoms. The van der Waals surface area contributed by atoms with Gasteiger partial charge in [0.15, 0.2) is 0 Å². The number of ether oxygens (including phenoxy) is 1. The lowest BCUT2D eigenvalue weighted by molar-refractivity contribution is -0.142. The van der Waals surface area contributed by atoms with E-state index in [0.717, 1.165) is 16.5 Å². The number of fused-ring (bicyclic) bond motifs is 1. The molecule has 0 aliphatic rings. The highest BCUT2D eigenvalue weighted by Gasteiger charge is 2.02. The third-order valence-electron chi connectivity index (χ3n) is 2.12. The largest absolute Gasteiger partial charge is 0.461 e. The summed E-state index contributed by atoms with van der Waals surface area (Å²) in [6.45, 7) is 1.75. The van der Waals surface area contributed by atoms with Crippen molar-refractivity contribution >= 4 is 16.9 Å². The molecule has 14 heavy (non-hydrogen) atoms. The Bertz CT molecular complexity index is 459. The van der Waals surface area contributed by atoms with Crippen LogP contribution in [-0.2, 0) is 16.1 Å². The Hall–Kier alpha value is -1.77. The van der Waals surface area contributed by atoms with Crippen molar-refractivity contribution in [2.45, 2.75) is 13.5 Å². The smallest absolute Gasteiger partial charge is 0.302 e. The summed E-state index contributed by atoms with van der Waals surface area (Å²) in [5.41, 5.74) is 2.09. The van der Waals surface area contributed by atoms with Crippen LogP contribution in [0.25, 0.3) is 10.9 Å². The molecule has 0 saturated carbocycles. The zero-order valence-electron chi connectivity index (χ0n) is 7.91. The molecule has 1 aromatic carbocycles. The van der Waals surface area contributed by atoms with Crippen molar-refractivity contribution in [3.8, 4) is 0 Å². The molecule has 1 aromatic heterocycles. The summed E-state index contributed by atoms with van der Waals surface area (Å²) < 4.78 is 4.95. The lowest BCUT2D eigenvalue weighted by Crippen LogP contribution is -1.98. The second-order valence-electron chi connectivity index (χ2n) is 3.14. The van der Waals surface area contributed by atoms with Gasteiger partial charge < -0.3 is 9.72 Å². The standard InChI is InChI=1S/C11H11NO2/c1-8(13)14-7-9-3-2-4-11-10(9)5-6-12-11/h2-6,12H,7H2,1H3. The molecule has 2 rings (SSSR count). The quantitative estimate of drug-likeness (QED) is 0.736. The molecule has 0 saturated heterocycles. The van der Waals surface area contributed by atoms with Gasteiger partial charge in [-0.05, 0) is 17.7 Å². The van der Waals surface area contributed by atoms with E-state index in [1.807, 2.05) is 30.5 Å². The average Bonchev–Trinajstić information content (AvgIpc) is 2.62. The number of benzene rings is 1. The second-order valence-corrected chi connectivity index (χ2v) is 3.14. The van der Waals surface area contributed by atoms with Gasteiger partial charge in [-0.25, -0.2) is 0 Å². The van der Waals surface area contributed by atoms with Crippen LogP contribution in [0.1, 0.15) is 12.5 Å². The predicted molar refractivity (Wildman–Crippen MR) is 53.8 cm³/mol. The summed E-state index contributed by atoms with van der Waals surface area (Å²) in [6, 6.07) is 7.87. The molecule has 0 amide bonds. The van der Waals surface area contributed by atoms with E-state index in [-0.39, 0.29) is 5.97 Å². The Labute approximate surface area is 81.7 Å². The molecule has 1 N–H and O–H groups in total. The number of H-pyrrole nitrogens is 1. The number of hydrogen-bond acceptors (Lipinski definition) is 2. The molecule has 3 nitrogen and oxygen atoms in total. The minimum absolute atomic E-state index is 0.252. The van der Waals surface area contributed by atoms with E-state index in [2.05, 4.69) is 4.98 Å². The molecule has 0 atom stereocenters. The topological polar surface area (TPSA) is 42.1 Å². The molecule has 0 aliphatic carbocycles. The Morgan fingerprint density at radius 3 is 3.07 bits per heavy atom. The van der Waals surface area contributed by atoms with Gasteiger partial charge in [0.1, 0.15) is 6.61 Å². The Kier molecular flexibility index (Phi) is 2.23. The minimum Gasteiger partial charge on any atom is -0.461 e. The number of rotatable bonds is 2. The van der Waals surface area contributed by atoms with Gasteiger partial charge in [0.25, 0.3) is 0 Å². The molecule has 0 aliphatic heterocycles. The molecule has 2 aromatic rings. The van der Waals surface area contributed by atoms with E-state index in [1.54, 1.807) is 0 Å². The van der Waals surface area contributed by atoms with Crippen LogP contribution in [0.2, 0.25) is 0 Å².